The van der Waals surface area contributed by atoms with E-state index in [1.807, 2.05) is 31.2 Å². The zero-order chi connectivity index (χ0) is 16.3. The summed E-state index contributed by atoms with van der Waals surface area (Å²) >= 11 is 0. The first kappa shape index (κ1) is 20.6. The number of halogens is 1. The molecule has 0 bridgehead atoms. The van der Waals surface area contributed by atoms with E-state index in [0.717, 1.165) is 26.1 Å². The van der Waals surface area contributed by atoms with Gasteiger partial charge in [-0.25, -0.2) is 4.79 Å². The Morgan fingerprint density at radius 3 is 2.54 bits per heavy atom. The van der Waals surface area contributed by atoms with Gasteiger partial charge in [0.2, 0.25) is 0 Å². The van der Waals surface area contributed by atoms with Crippen LogP contribution in [0.3, 0.4) is 0 Å². The molecule has 2 rings (SSSR count). The second kappa shape index (κ2) is 12.0. The summed E-state index contributed by atoms with van der Waals surface area (Å²) in [5.41, 5.74) is 0.653. The first-order chi connectivity index (χ1) is 11.3. The molecular weight excluding hydrogens is 328 g/mol. The monoisotopic (exact) mass is 356 g/mol. The zero-order valence-electron chi connectivity index (χ0n) is 14.5. The van der Waals surface area contributed by atoms with Crippen LogP contribution in [0.25, 0.3) is 0 Å². The maximum absolute atomic E-state index is 11.9. The molecule has 1 saturated heterocycles. The number of rotatable bonds is 7. The van der Waals surface area contributed by atoms with Gasteiger partial charge in [-0.15, -0.1) is 12.4 Å². The van der Waals surface area contributed by atoms with Crippen molar-refractivity contribution in [3.63, 3.8) is 0 Å². The van der Waals surface area contributed by atoms with Crippen LogP contribution in [0, 0.1) is 0 Å². The number of likely N-dealkylation sites (tertiary alicyclic amines) is 1. The number of nitrogens with one attached hydrogen (secondary N) is 1. The summed E-state index contributed by atoms with van der Waals surface area (Å²) in [6.45, 7) is 6.12. The van der Waals surface area contributed by atoms with E-state index in [0.29, 0.717) is 24.7 Å². The summed E-state index contributed by atoms with van der Waals surface area (Å²) in [4.78, 5) is 14.3. The fraction of sp³-hybridized carbons (Fsp3) is 0.611. The number of hydrogen-bond acceptors (Lipinski definition) is 4. The van der Waals surface area contributed by atoms with E-state index in [1.165, 1.54) is 25.7 Å². The molecule has 0 unspecified atom stereocenters. The molecule has 1 amide bonds. The van der Waals surface area contributed by atoms with E-state index in [9.17, 15) is 4.79 Å². The predicted octanol–water partition coefficient (Wildman–Crippen LogP) is 4.32. The van der Waals surface area contributed by atoms with Crippen molar-refractivity contribution in [2.75, 3.05) is 38.2 Å². The molecule has 6 heteroatoms. The lowest BCUT2D eigenvalue weighted by molar-refractivity contribution is 0.140. The van der Waals surface area contributed by atoms with Gasteiger partial charge in [0.05, 0.1) is 12.3 Å². The molecule has 0 saturated carbocycles. The van der Waals surface area contributed by atoms with Crippen molar-refractivity contribution in [2.45, 2.75) is 39.0 Å². The van der Waals surface area contributed by atoms with E-state index in [1.54, 1.807) is 0 Å². The minimum atomic E-state index is -0.424. The highest BCUT2D eigenvalue weighted by Gasteiger charge is 2.11. The van der Waals surface area contributed by atoms with Gasteiger partial charge in [-0.1, -0.05) is 31.9 Å². The highest BCUT2D eigenvalue weighted by molar-refractivity contribution is 5.86. The highest BCUT2D eigenvalue weighted by atomic mass is 35.5. The van der Waals surface area contributed by atoms with Crippen molar-refractivity contribution >= 4 is 24.2 Å². The summed E-state index contributed by atoms with van der Waals surface area (Å²) in [7, 11) is 0. The molecule has 5 nitrogen and oxygen atoms in total. The Bertz CT molecular complexity index is 477. The predicted molar refractivity (Wildman–Crippen MR) is 99.4 cm³/mol. The molecule has 1 aliphatic rings. The average Bonchev–Trinajstić information content (AvgIpc) is 2.83. The van der Waals surface area contributed by atoms with Crippen molar-refractivity contribution in [3.05, 3.63) is 24.3 Å². The van der Waals surface area contributed by atoms with Gasteiger partial charge in [-0.3, -0.25) is 10.2 Å². The molecule has 0 spiro atoms. The van der Waals surface area contributed by atoms with Gasteiger partial charge >= 0.3 is 6.09 Å². The van der Waals surface area contributed by atoms with E-state index in [-0.39, 0.29) is 12.4 Å². The van der Waals surface area contributed by atoms with Gasteiger partial charge in [-0.2, -0.15) is 0 Å². The molecule has 0 aromatic heterocycles. The molecule has 0 aliphatic carbocycles. The third kappa shape index (κ3) is 7.41. The summed E-state index contributed by atoms with van der Waals surface area (Å²) in [6.07, 6.45) is 5.61. The number of hydrogen-bond donors (Lipinski definition) is 1. The lowest BCUT2D eigenvalue weighted by atomic mass is 10.2. The van der Waals surface area contributed by atoms with Crippen molar-refractivity contribution in [1.82, 2.24) is 4.90 Å². The Hall–Kier alpha value is -1.46. The van der Waals surface area contributed by atoms with Crippen molar-refractivity contribution in [1.29, 1.82) is 0 Å². The number of nitrogens with zero attached hydrogens (tertiary/aromatic N) is 1. The molecule has 1 heterocycles. The summed E-state index contributed by atoms with van der Waals surface area (Å²) in [5.74, 6) is 0.679. The highest BCUT2D eigenvalue weighted by Crippen LogP contribution is 2.24. The van der Waals surface area contributed by atoms with E-state index >= 15 is 0 Å². The van der Waals surface area contributed by atoms with E-state index < -0.39 is 6.09 Å². The van der Waals surface area contributed by atoms with Crippen LogP contribution >= 0.6 is 12.4 Å². The number of benzene rings is 1. The number of carbonyl (C=O) groups is 1. The van der Waals surface area contributed by atoms with Crippen LogP contribution in [0.1, 0.15) is 39.0 Å². The van der Waals surface area contributed by atoms with Crippen LogP contribution in [-0.2, 0) is 4.74 Å². The third-order valence-corrected chi connectivity index (χ3v) is 3.92. The molecule has 0 atom stereocenters. The van der Waals surface area contributed by atoms with Gasteiger partial charge in [0.15, 0.2) is 0 Å². The Labute approximate surface area is 151 Å². The second-order valence-corrected chi connectivity index (χ2v) is 5.86. The van der Waals surface area contributed by atoms with Gasteiger partial charge in [-0.05, 0) is 44.5 Å². The Morgan fingerprint density at radius 2 is 1.83 bits per heavy atom. The first-order valence-electron chi connectivity index (χ1n) is 8.67. The molecule has 1 fully saturated rings. The molecular formula is C18H29ClN2O3. The standard InChI is InChI=1S/C18H28N2O3.ClH/c1-2-14-22-17-10-6-5-9-16(17)19-18(21)23-15-13-20-11-7-3-4-8-12-20;/h5-6,9-10H,2-4,7-8,11-15H2,1H3,(H,19,21);1H. The number of amides is 1. The summed E-state index contributed by atoms with van der Waals surface area (Å²) in [6, 6.07) is 7.43. The quantitative estimate of drug-likeness (QED) is 0.790. The first-order valence-corrected chi connectivity index (χ1v) is 8.67. The maximum Gasteiger partial charge on any atom is 0.411 e. The zero-order valence-corrected chi connectivity index (χ0v) is 15.3. The van der Waals surface area contributed by atoms with Crippen molar-refractivity contribution in [2.24, 2.45) is 0 Å². The molecule has 1 N–H and O–H groups in total. The summed E-state index contributed by atoms with van der Waals surface area (Å²) < 4.78 is 10.9. The average molecular weight is 357 g/mol. The molecule has 1 aromatic rings. The molecule has 0 radical (unpaired) electrons. The third-order valence-electron chi connectivity index (χ3n) is 3.92. The molecule has 24 heavy (non-hydrogen) atoms. The van der Waals surface area contributed by atoms with Crippen LogP contribution in [-0.4, -0.2) is 43.8 Å². The lowest BCUT2D eigenvalue weighted by Crippen LogP contribution is -2.30. The van der Waals surface area contributed by atoms with Crippen LogP contribution in [0.2, 0.25) is 0 Å². The fourth-order valence-electron chi connectivity index (χ4n) is 2.68. The van der Waals surface area contributed by atoms with E-state index in [2.05, 4.69) is 10.2 Å². The molecule has 136 valence electrons. The Kier molecular flexibility index (Phi) is 10.3. The minimum Gasteiger partial charge on any atom is -0.491 e. The smallest absolute Gasteiger partial charge is 0.411 e. The van der Waals surface area contributed by atoms with Crippen molar-refractivity contribution in [3.8, 4) is 5.75 Å². The fourth-order valence-corrected chi connectivity index (χ4v) is 2.68. The van der Waals surface area contributed by atoms with Crippen LogP contribution in [0.5, 0.6) is 5.75 Å². The molecule has 1 aliphatic heterocycles. The maximum atomic E-state index is 11.9. The molecule has 1 aromatic carbocycles. The normalized spacial score (nSPS) is 15.0. The van der Waals surface area contributed by atoms with E-state index in [4.69, 9.17) is 9.47 Å². The van der Waals surface area contributed by atoms with Gasteiger partial charge in [0.1, 0.15) is 12.4 Å². The largest absolute Gasteiger partial charge is 0.491 e. The number of ether oxygens (including phenoxy) is 2. The second-order valence-electron chi connectivity index (χ2n) is 5.86. The lowest BCUT2D eigenvalue weighted by Gasteiger charge is -2.19. The SMILES string of the molecule is CCCOc1ccccc1NC(=O)OCCN1CCCCCC1.Cl. The number of carbonyl (C=O) groups excluding carboxylic acids is 1. The Balaban J connectivity index is 0.00000288. The Morgan fingerprint density at radius 1 is 1.12 bits per heavy atom. The number of para-hydroxylation sites is 2. The van der Waals surface area contributed by atoms with Gasteiger partial charge in [0.25, 0.3) is 0 Å². The topological polar surface area (TPSA) is 50.8 Å². The van der Waals surface area contributed by atoms with Crippen molar-refractivity contribution < 1.29 is 14.3 Å². The van der Waals surface area contributed by atoms with Crippen LogP contribution < -0.4 is 10.1 Å². The van der Waals surface area contributed by atoms with Crippen LogP contribution in [0.15, 0.2) is 24.3 Å². The van der Waals surface area contributed by atoms with Crippen LogP contribution in [0.4, 0.5) is 10.5 Å². The summed E-state index contributed by atoms with van der Waals surface area (Å²) in [5, 5.41) is 2.76. The van der Waals surface area contributed by atoms with Gasteiger partial charge < -0.3 is 9.47 Å². The number of anilines is 1. The minimum absolute atomic E-state index is 0. The van der Waals surface area contributed by atoms with Gasteiger partial charge in [0, 0.05) is 6.54 Å².